The van der Waals surface area contributed by atoms with Gasteiger partial charge >= 0.3 is 0 Å². The molecule has 1 saturated heterocycles. The predicted octanol–water partition coefficient (Wildman–Crippen LogP) is 1.88. The average Bonchev–Trinajstić information content (AvgIpc) is 2.90. The van der Waals surface area contributed by atoms with Crippen LogP contribution in [0.25, 0.3) is 11.0 Å². The smallest absolute Gasteiger partial charge is 0.152 e. The summed E-state index contributed by atoms with van der Waals surface area (Å²) in [7, 11) is 3.88. The molecule has 0 unspecified atom stereocenters. The van der Waals surface area contributed by atoms with Crippen molar-refractivity contribution in [2.45, 2.75) is 12.8 Å². The molecule has 0 aromatic carbocycles. The van der Waals surface area contributed by atoms with Crippen LogP contribution in [0.15, 0.2) is 18.2 Å². The van der Waals surface area contributed by atoms with Crippen LogP contribution in [0.5, 0.6) is 0 Å². The summed E-state index contributed by atoms with van der Waals surface area (Å²) >= 11 is 0. The number of pyridine rings is 2. The Morgan fingerprint density at radius 1 is 1.11 bits per heavy atom. The van der Waals surface area contributed by atoms with E-state index in [1.54, 1.807) is 0 Å². The second-order valence-electron chi connectivity index (χ2n) is 5.20. The molecule has 2 aromatic rings. The van der Waals surface area contributed by atoms with E-state index in [-0.39, 0.29) is 0 Å². The van der Waals surface area contributed by atoms with Crippen LogP contribution in [0.2, 0.25) is 0 Å². The van der Waals surface area contributed by atoms with E-state index in [0.717, 1.165) is 35.8 Å². The van der Waals surface area contributed by atoms with Crippen LogP contribution in [-0.4, -0.2) is 37.2 Å². The van der Waals surface area contributed by atoms with Crippen molar-refractivity contribution in [1.82, 2.24) is 9.97 Å². The van der Waals surface area contributed by atoms with Crippen LogP contribution in [0, 0.1) is 0 Å². The molecular formula is C14H19N5. The third-order valence-electron chi connectivity index (χ3n) is 3.52. The topological polar surface area (TPSA) is 58.3 Å². The fraction of sp³-hybridized carbons (Fsp3) is 0.429. The monoisotopic (exact) mass is 257 g/mol. The van der Waals surface area contributed by atoms with Gasteiger partial charge in [-0.15, -0.1) is 0 Å². The summed E-state index contributed by atoms with van der Waals surface area (Å²) in [5.41, 5.74) is 8.46. The third kappa shape index (κ3) is 2.16. The molecule has 0 spiro atoms. The van der Waals surface area contributed by atoms with Crippen molar-refractivity contribution in [1.29, 1.82) is 0 Å². The van der Waals surface area contributed by atoms with E-state index in [0.29, 0.717) is 5.69 Å². The molecule has 0 saturated carbocycles. The number of anilines is 3. The van der Waals surface area contributed by atoms with Crippen molar-refractivity contribution in [3.05, 3.63) is 18.2 Å². The second-order valence-corrected chi connectivity index (χ2v) is 5.20. The van der Waals surface area contributed by atoms with Crippen LogP contribution in [-0.2, 0) is 0 Å². The molecule has 2 aromatic heterocycles. The zero-order valence-corrected chi connectivity index (χ0v) is 11.4. The Bertz CT molecular complexity index is 602. The number of rotatable bonds is 2. The second kappa shape index (κ2) is 4.57. The Morgan fingerprint density at radius 2 is 1.84 bits per heavy atom. The third-order valence-corrected chi connectivity index (χ3v) is 3.52. The van der Waals surface area contributed by atoms with Crippen molar-refractivity contribution < 1.29 is 0 Å². The molecule has 0 amide bonds. The lowest BCUT2D eigenvalue weighted by atomic mass is 10.2. The first-order chi connectivity index (χ1) is 9.15. The van der Waals surface area contributed by atoms with Crippen molar-refractivity contribution >= 4 is 28.4 Å². The van der Waals surface area contributed by atoms with Crippen LogP contribution in [0.1, 0.15) is 12.8 Å². The van der Waals surface area contributed by atoms with Crippen molar-refractivity contribution in [2.75, 3.05) is 42.7 Å². The zero-order chi connectivity index (χ0) is 13.4. The van der Waals surface area contributed by atoms with Crippen LogP contribution in [0.3, 0.4) is 0 Å². The van der Waals surface area contributed by atoms with Gasteiger partial charge in [0.2, 0.25) is 0 Å². The number of aromatic nitrogens is 2. The molecule has 1 aliphatic rings. The summed E-state index contributed by atoms with van der Waals surface area (Å²) in [4.78, 5) is 13.5. The van der Waals surface area contributed by atoms with Gasteiger partial charge in [-0.25, -0.2) is 9.97 Å². The molecular weight excluding hydrogens is 238 g/mol. The minimum absolute atomic E-state index is 0.670. The van der Waals surface area contributed by atoms with Crippen molar-refractivity contribution in [3.63, 3.8) is 0 Å². The minimum atomic E-state index is 0.670. The Morgan fingerprint density at radius 3 is 2.53 bits per heavy atom. The Hall–Kier alpha value is -2.04. The molecule has 0 radical (unpaired) electrons. The standard InChI is InChI=1S/C14H19N5/c1-18(2)14-10(15)9-12-11(17-14)5-6-13(16-12)19-7-3-4-8-19/h5-6,9H,3-4,7-8,15H2,1-2H3. The number of nitrogens with zero attached hydrogens (tertiary/aromatic N) is 4. The van der Waals surface area contributed by atoms with Gasteiger partial charge in [0.15, 0.2) is 5.82 Å². The van der Waals surface area contributed by atoms with Gasteiger partial charge in [0.05, 0.1) is 16.7 Å². The SMILES string of the molecule is CN(C)c1nc2ccc(N3CCCC3)nc2cc1N. The van der Waals surface area contributed by atoms with E-state index >= 15 is 0 Å². The first kappa shape index (κ1) is 12.0. The summed E-state index contributed by atoms with van der Waals surface area (Å²) in [6, 6.07) is 6.00. The quantitative estimate of drug-likeness (QED) is 0.890. The highest BCUT2D eigenvalue weighted by molar-refractivity contribution is 5.84. The van der Waals surface area contributed by atoms with E-state index in [1.807, 2.05) is 31.1 Å². The van der Waals surface area contributed by atoms with Gasteiger partial charge < -0.3 is 15.5 Å². The lowest BCUT2D eigenvalue weighted by Crippen LogP contribution is -2.19. The molecule has 5 nitrogen and oxygen atoms in total. The van der Waals surface area contributed by atoms with Gasteiger partial charge in [-0.05, 0) is 31.0 Å². The highest BCUT2D eigenvalue weighted by Crippen LogP contribution is 2.26. The minimum Gasteiger partial charge on any atom is -0.396 e. The highest BCUT2D eigenvalue weighted by atomic mass is 15.2. The predicted molar refractivity (Wildman–Crippen MR) is 79.7 cm³/mol. The number of nitrogens with two attached hydrogens (primary N) is 1. The van der Waals surface area contributed by atoms with E-state index < -0.39 is 0 Å². The van der Waals surface area contributed by atoms with Gasteiger partial charge in [0.1, 0.15) is 5.82 Å². The van der Waals surface area contributed by atoms with Gasteiger partial charge in [-0.2, -0.15) is 0 Å². The molecule has 2 N–H and O–H groups in total. The van der Waals surface area contributed by atoms with Gasteiger partial charge in [-0.3, -0.25) is 0 Å². The molecule has 1 aliphatic heterocycles. The van der Waals surface area contributed by atoms with E-state index in [1.165, 1.54) is 12.8 Å². The fourth-order valence-electron chi connectivity index (χ4n) is 2.53. The van der Waals surface area contributed by atoms with E-state index in [9.17, 15) is 0 Å². The number of hydrogen-bond donors (Lipinski definition) is 1. The summed E-state index contributed by atoms with van der Waals surface area (Å²) in [6.07, 6.45) is 2.50. The fourth-order valence-corrected chi connectivity index (χ4v) is 2.53. The molecule has 1 fully saturated rings. The van der Waals surface area contributed by atoms with Crippen molar-refractivity contribution in [2.24, 2.45) is 0 Å². The Kier molecular flexibility index (Phi) is 2.89. The highest BCUT2D eigenvalue weighted by Gasteiger charge is 2.14. The Labute approximate surface area is 113 Å². The van der Waals surface area contributed by atoms with Gasteiger partial charge in [0.25, 0.3) is 0 Å². The average molecular weight is 257 g/mol. The molecule has 5 heteroatoms. The van der Waals surface area contributed by atoms with Crippen molar-refractivity contribution in [3.8, 4) is 0 Å². The Balaban J connectivity index is 2.06. The number of nitrogen functional groups attached to an aromatic ring is 1. The molecule has 0 bridgehead atoms. The van der Waals surface area contributed by atoms with Gasteiger partial charge in [-0.1, -0.05) is 0 Å². The molecule has 19 heavy (non-hydrogen) atoms. The van der Waals surface area contributed by atoms with Crippen LogP contribution < -0.4 is 15.5 Å². The maximum absolute atomic E-state index is 6.03. The number of hydrogen-bond acceptors (Lipinski definition) is 5. The largest absolute Gasteiger partial charge is 0.396 e. The van der Waals surface area contributed by atoms with Gasteiger partial charge in [0, 0.05) is 27.2 Å². The molecule has 0 atom stereocenters. The normalized spacial score (nSPS) is 15.2. The maximum Gasteiger partial charge on any atom is 0.152 e. The first-order valence-electron chi connectivity index (χ1n) is 6.65. The lowest BCUT2D eigenvalue weighted by molar-refractivity contribution is 0.943. The van der Waals surface area contributed by atoms with Crippen LogP contribution >= 0.6 is 0 Å². The molecule has 0 aliphatic carbocycles. The molecule has 100 valence electrons. The zero-order valence-electron chi connectivity index (χ0n) is 11.4. The summed E-state index contributed by atoms with van der Waals surface area (Å²) in [5, 5.41) is 0. The summed E-state index contributed by atoms with van der Waals surface area (Å²) in [6.45, 7) is 2.19. The lowest BCUT2D eigenvalue weighted by Gasteiger charge is -2.18. The summed E-state index contributed by atoms with van der Waals surface area (Å²) < 4.78 is 0. The maximum atomic E-state index is 6.03. The summed E-state index contributed by atoms with van der Waals surface area (Å²) in [5.74, 6) is 1.83. The number of fused-ring (bicyclic) bond motifs is 1. The van der Waals surface area contributed by atoms with E-state index in [4.69, 9.17) is 5.73 Å². The first-order valence-corrected chi connectivity index (χ1v) is 6.65. The molecule has 3 heterocycles. The van der Waals surface area contributed by atoms with Crippen LogP contribution in [0.4, 0.5) is 17.3 Å². The van der Waals surface area contributed by atoms with E-state index in [2.05, 4.69) is 20.9 Å². The molecule has 3 rings (SSSR count).